The first-order valence-electron chi connectivity index (χ1n) is 9.49. The molecule has 0 N–H and O–H groups in total. The molecule has 2 aliphatic rings. The fraction of sp³-hybridized carbons (Fsp3) is 0.524. The molecule has 0 bridgehead atoms. The van der Waals surface area contributed by atoms with Gasteiger partial charge in [-0.3, -0.25) is 0 Å². The van der Waals surface area contributed by atoms with E-state index in [0.29, 0.717) is 17.8 Å². The number of hydrogen-bond acceptors (Lipinski definition) is 5. The fourth-order valence-electron chi connectivity index (χ4n) is 4.14. The normalized spacial score (nSPS) is 25.3. The summed E-state index contributed by atoms with van der Waals surface area (Å²) in [5.74, 6) is 2.07. The van der Waals surface area contributed by atoms with Gasteiger partial charge in [0.05, 0.1) is 19.8 Å². The van der Waals surface area contributed by atoms with Crippen molar-refractivity contribution in [3.8, 4) is 23.0 Å². The standard InChI is InChI=1S/C21H27N3O2/c1-14-5-4-10-24(14)13-17-11-18(17)15-6-8-16(9-7-15)19-12-22-21(26-3)23-20(19)25-2/h6-9,12,14,17-18H,4-5,10-11,13H2,1-3H3/t14-,17-,18-/m0/s1. The number of hydrogen-bond donors (Lipinski definition) is 0. The molecule has 1 aromatic heterocycles. The lowest BCUT2D eigenvalue weighted by Gasteiger charge is -2.20. The largest absolute Gasteiger partial charge is 0.480 e. The molecule has 1 saturated heterocycles. The lowest BCUT2D eigenvalue weighted by atomic mass is 10.0. The molecule has 1 aliphatic heterocycles. The van der Waals surface area contributed by atoms with E-state index in [1.165, 1.54) is 37.9 Å². The van der Waals surface area contributed by atoms with Crippen LogP contribution in [0, 0.1) is 5.92 Å². The number of likely N-dealkylation sites (tertiary alicyclic amines) is 1. The zero-order valence-electron chi connectivity index (χ0n) is 15.8. The van der Waals surface area contributed by atoms with Crippen molar-refractivity contribution in [3.63, 3.8) is 0 Å². The molecular formula is C21H27N3O2. The van der Waals surface area contributed by atoms with Crippen LogP contribution in [0.15, 0.2) is 30.5 Å². The molecule has 5 nitrogen and oxygen atoms in total. The number of rotatable bonds is 6. The highest BCUT2D eigenvalue weighted by atomic mass is 16.5. The quantitative estimate of drug-likeness (QED) is 0.791. The van der Waals surface area contributed by atoms with Crippen LogP contribution >= 0.6 is 0 Å². The summed E-state index contributed by atoms with van der Waals surface area (Å²) in [5.41, 5.74) is 3.40. The molecule has 3 atom stereocenters. The van der Waals surface area contributed by atoms with Crippen molar-refractivity contribution >= 4 is 0 Å². The molecule has 1 saturated carbocycles. The second kappa shape index (κ2) is 7.23. The van der Waals surface area contributed by atoms with E-state index in [-0.39, 0.29) is 0 Å². The maximum absolute atomic E-state index is 5.40. The van der Waals surface area contributed by atoms with Gasteiger partial charge in [0.1, 0.15) is 0 Å². The minimum absolute atomic E-state index is 0.319. The minimum Gasteiger partial charge on any atom is -0.480 e. The van der Waals surface area contributed by atoms with Crippen molar-refractivity contribution in [2.75, 3.05) is 27.3 Å². The maximum Gasteiger partial charge on any atom is 0.319 e. The van der Waals surface area contributed by atoms with Crippen molar-refractivity contribution < 1.29 is 9.47 Å². The Balaban J connectivity index is 1.45. The van der Waals surface area contributed by atoms with Crippen molar-refractivity contribution in [1.29, 1.82) is 0 Å². The third-order valence-electron chi connectivity index (χ3n) is 5.84. The van der Waals surface area contributed by atoms with E-state index >= 15 is 0 Å². The molecule has 2 fully saturated rings. The van der Waals surface area contributed by atoms with E-state index in [0.717, 1.165) is 23.1 Å². The van der Waals surface area contributed by atoms with Crippen molar-refractivity contribution in [2.45, 2.75) is 38.1 Å². The zero-order chi connectivity index (χ0) is 18.1. The molecule has 2 heterocycles. The molecule has 0 amide bonds. The van der Waals surface area contributed by atoms with Gasteiger partial charge in [0.2, 0.25) is 5.88 Å². The van der Waals surface area contributed by atoms with Gasteiger partial charge in [-0.2, -0.15) is 4.98 Å². The Labute approximate surface area is 155 Å². The Morgan fingerprint density at radius 3 is 2.62 bits per heavy atom. The van der Waals surface area contributed by atoms with Crippen LogP contribution in [-0.2, 0) is 0 Å². The summed E-state index contributed by atoms with van der Waals surface area (Å²) in [5, 5.41) is 0. The summed E-state index contributed by atoms with van der Waals surface area (Å²) in [6, 6.07) is 9.88. The molecule has 2 aromatic rings. The van der Waals surface area contributed by atoms with Gasteiger partial charge in [-0.05, 0) is 55.7 Å². The summed E-state index contributed by atoms with van der Waals surface area (Å²) in [6.45, 7) is 4.90. The highest BCUT2D eigenvalue weighted by Gasteiger charge is 2.40. The van der Waals surface area contributed by atoms with E-state index in [1.807, 2.05) is 0 Å². The van der Waals surface area contributed by atoms with Gasteiger partial charge < -0.3 is 14.4 Å². The second-order valence-corrected chi connectivity index (χ2v) is 7.49. The molecule has 1 aliphatic carbocycles. The molecule has 1 aromatic carbocycles. The monoisotopic (exact) mass is 353 g/mol. The van der Waals surface area contributed by atoms with Crippen molar-refractivity contribution in [1.82, 2.24) is 14.9 Å². The summed E-state index contributed by atoms with van der Waals surface area (Å²) >= 11 is 0. The molecule has 0 radical (unpaired) electrons. The lowest BCUT2D eigenvalue weighted by Crippen LogP contribution is -2.29. The van der Waals surface area contributed by atoms with E-state index in [9.17, 15) is 0 Å². The predicted octanol–water partition coefficient (Wildman–Crippen LogP) is 3.75. The number of ether oxygens (including phenoxy) is 2. The summed E-state index contributed by atoms with van der Waals surface area (Å²) in [4.78, 5) is 11.1. The van der Waals surface area contributed by atoms with Crippen LogP contribution in [-0.4, -0.2) is 48.2 Å². The van der Waals surface area contributed by atoms with Gasteiger partial charge in [0.25, 0.3) is 0 Å². The van der Waals surface area contributed by atoms with Gasteiger partial charge in [-0.25, -0.2) is 4.98 Å². The molecular weight excluding hydrogens is 326 g/mol. The molecule has 0 spiro atoms. The first-order valence-corrected chi connectivity index (χ1v) is 9.49. The van der Waals surface area contributed by atoms with E-state index in [1.54, 1.807) is 20.4 Å². The molecule has 5 heteroatoms. The number of methoxy groups -OCH3 is 2. The molecule has 26 heavy (non-hydrogen) atoms. The lowest BCUT2D eigenvalue weighted by molar-refractivity contribution is 0.256. The number of nitrogens with zero attached hydrogens (tertiary/aromatic N) is 3. The van der Waals surface area contributed by atoms with Crippen LogP contribution in [0.5, 0.6) is 11.9 Å². The predicted molar refractivity (Wildman–Crippen MR) is 102 cm³/mol. The summed E-state index contributed by atoms with van der Waals surface area (Å²) in [6.07, 6.45) is 5.79. The first-order chi connectivity index (χ1) is 12.7. The Morgan fingerprint density at radius 2 is 1.96 bits per heavy atom. The highest BCUT2D eigenvalue weighted by molar-refractivity contribution is 5.68. The van der Waals surface area contributed by atoms with Gasteiger partial charge >= 0.3 is 6.01 Å². The van der Waals surface area contributed by atoms with Gasteiger partial charge in [-0.15, -0.1) is 0 Å². The second-order valence-electron chi connectivity index (χ2n) is 7.49. The Kier molecular flexibility index (Phi) is 4.81. The van der Waals surface area contributed by atoms with E-state index in [2.05, 4.69) is 46.1 Å². The smallest absolute Gasteiger partial charge is 0.319 e. The Morgan fingerprint density at radius 1 is 1.15 bits per heavy atom. The molecule has 0 unspecified atom stereocenters. The number of benzene rings is 1. The number of aromatic nitrogens is 2. The minimum atomic E-state index is 0.319. The maximum atomic E-state index is 5.40. The van der Waals surface area contributed by atoms with Gasteiger partial charge in [-0.1, -0.05) is 24.3 Å². The van der Waals surface area contributed by atoms with Gasteiger partial charge in [0.15, 0.2) is 0 Å². The van der Waals surface area contributed by atoms with Crippen molar-refractivity contribution in [2.24, 2.45) is 5.92 Å². The van der Waals surface area contributed by atoms with Crippen LogP contribution in [0.1, 0.15) is 37.7 Å². The Hall–Kier alpha value is -2.14. The summed E-state index contributed by atoms with van der Waals surface area (Å²) in [7, 11) is 3.17. The third-order valence-corrected chi connectivity index (χ3v) is 5.84. The average molecular weight is 353 g/mol. The van der Waals surface area contributed by atoms with Crippen LogP contribution in [0.25, 0.3) is 11.1 Å². The van der Waals surface area contributed by atoms with Crippen molar-refractivity contribution in [3.05, 3.63) is 36.0 Å². The van der Waals surface area contributed by atoms with E-state index in [4.69, 9.17) is 9.47 Å². The van der Waals surface area contributed by atoms with Crippen LogP contribution < -0.4 is 9.47 Å². The van der Waals surface area contributed by atoms with Gasteiger partial charge in [0, 0.05) is 18.8 Å². The first kappa shape index (κ1) is 17.3. The average Bonchev–Trinajstić information content (AvgIpc) is 3.34. The third kappa shape index (κ3) is 3.40. The SMILES string of the molecule is COc1ncc(-c2ccc([C@@H]3C[C@H]3CN3CCC[C@@H]3C)cc2)c(OC)n1. The molecule has 138 valence electrons. The summed E-state index contributed by atoms with van der Waals surface area (Å²) < 4.78 is 10.5. The molecule has 4 rings (SSSR count). The zero-order valence-corrected chi connectivity index (χ0v) is 15.8. The van der Waals surface area contributed by atoms with Crippen LogP contribution in [0.2, 0.25) is 0 Å². The van der Waals surface area contributed by atoms with Crippen LogP contribution in [0.3, 0.4) is 0 Å². The Bertz CT molecular complexity index is 762. The van der Waals surface area contributed by atoms with Crippen LogP contribution in [0.4, 0.5) is 0 Å². The van der Waals surface area contributed by atoms with E-state index < -0.39 is 0 Å². The highest BCUT2D eigenvalue weighted by Crippen LogP contribution is 2.48. The topological polar surface area (TPSA) is 47.5 Å². The fourth-order valence-corrected chi connectivity index (χ4v) is 4.14.